The molecule has 3 nitrogen and oxygen atoms in total. The van der Waals surface area contributed by atoms with Gasteiger partial charge in [-0.3, -0.25) is 9.78 Å². The third-order valence-corrected chi connectivity index (χ3v) is 4.33. The van der Waals surface area contributed by atoms with E-state index < -0.39 is 0 Å². The first-order chi connectivity index (χ1) is 10.8. The Labute approximate surface area is 132 Å². The second-order valence-corrected chi connectivity index (χ2v) is 6.13. The molecule has 0 spiro atoms. The van der Waals surface area contributed by atoms with Crippen molar-refractivity contribution in [3.63, 3.8) is 0 Å². The lowest BCUT2D eigenvalue weighted by Gasteiger charge is -2.33. The summed E-state index contributed by atoms with van der Waals surface area (Å²) in [5.74, 6) is 0.460. The van der Waals surface area contributed by atoms with E-state index in [-0.39, 0.29) is 11.8 Å². The topological polar surface area (TPSA) is 33.2 Å². The minimum Gasteiger partial charge on any atom is -0.342 e. The van der Waals surface area contributed by atoms with Crippen molar-refractivity contribution in [3.05, 3.63) is 66.0 Å². The Morgan fingerprint density at radius 3 is 2.64 bits per heavy atom. The molecule has 2 atom stereocenters. The van der Waals surface area contributed by atoms with Gasteiger partial charge in [0.2, 0.25) is 5.91 Å². The first-order valence-electron chi connectivity index (χ1n) is 8.00. The van der Waals surface area contributed by atoms with Crippen molar-refractivity contribution < 1.29 is 4.79 Å². The third kappa shape index (κ3) is 3.19. The molecule has 1 saturated heterocycles. The van der Waals surface area contributed by atoms with Crippen LogP contribution in [0.15, 0.2) is 54.7 Å². The van der Waals surface area contributed by atoms with Gasteiger partial charge in [-0.15, -0.1) is 0 Å². The van der Waals surface area contributed by atoms with E-state index in [2.05, 4.69) is 11.9 Å². The Hall–Kier alpha value is -2.16. The quantitative estimate of drug-likeness (QED) is 0.868. The summed E-state index contributed by atoms with van der Waals surface area (Å²) in [4.78, 5) is 19.6. The van der Waals surface area contributed by atoms with Gasteiger partial charge in [0, 0.05) is 19.3 Å². The molecule has 1 aliphatic heterocycles. The van der Waals surface area contributed by atoms with Crippen LogP contribution in [0.2, 0.25) is 0 Å². The van der Waals surface area contributed by atoms with E-state index in [0.29, 0.717) is 5.92 Å². The number of pyridine rings is 1. The van der Waals surface area contributed by atoms with Crippen molar-refractivity contribution >= 4 is 5.91 Å². The number of benzene rings is 1. The van der Waals surface area contributed by atoms with E-state index in [0.717, 1.165) is 30.8 Å². The number of hydrogen-bond donors (Lipinski definition) is 0. The van der Waals surface area contributed by atoms with Crippen LogP contribution in [0.25, 0.3) is 0 Å². The normalized spacial score (nSPS) is 19.7. The molecule has 2 unspecified atom stereocenters. The molecule has 2 heterocycles. The van der Waals surface area contributed by atoms with Crippen molar-refractivity contribution in [1.29, 1.82) is 0 Å². The van der Waals surface area contributed by atoms with E-state index in [4.69, 9.17) is 0 Å². The number of nitrogens with zero attached hydrogens (tertiary/aromatic N) is 2. The lowest BCUT2D eigenvalue weighted by molar-refractivity contribution is -0.133. The molecule has 1 aromatic carbocycles. The predicted molar refractivity (Wildman–Crippen MR) is 87.5 cm³/mol. The van der Waals surface area contributed by atoms with Crippen LogP contribution in [0.1, 0.15) is 36.9 Å². The van der Waals surface area contributed by atoms with Crippen molar-refractivity contribution in [1.82, 2.24) is 9.88 Å². The largest absolute Gasteiger partial charge is 0.342 e. The summed E-state index contributed by atoms with van der Waals surface area (Å²) < 4.78 is 0. The first-order valence-corrected chi connectivity index (χ1v) is 8.00. The zero-order valence-electron chi connectivity index (χ0n) is 13.0. The van der Waals surface area contributed by atoms with Gasteiger partial charge in [-0.05, 0) is 36.5 Å². The minimum absolute atomic E-state index is 0.177. The zero-order chi connectivity index (χ0) is 15.4. The van der Waals surface area contributed by atoms with Crippen LogP contribution in [-0.2, 0) is 4.79 Å². The molecule has 0 saturated carbocycles. The molecule has 3 heteroatoms. The highest BCUT2D eigenvalue weighted by Gasteiger charge is 2.30. The Morgan fingerprint density at radius 2 is 1.95 bits per heavy atom. The molecular weight excluding hydrogens is 272 g/mol. The van der Waals surface area contributed by atoms with Crippen LogP contribution in [0.5, 0.6) is 0 Å². The molecule has 114 valence electrons. The summed E-state index contributed by atoms with van der Waals surface area (Å²) in [6.45, 7) is 3.94. The fraction of sp³-hybridized carbons (Fsp3) is 0.368. The van der Waals surface area contributed by atoms with Crippen LogP contribution < -0.4 is 0 Å². The molecule has 1 aliphatic rings. The van der Waals surface area contributed by atoms with Gasteiger partial charge in [0.15, 0.2) is 0 Å². The van der Waals surface area contributed by atoms with Crippen molar-refractivity contribution in [3.8, 4) is 0 Å². The molecule has 1 amide bonds. The van der Waals surface area contributed by atoms with Gasteiger partial charge >= 0.3 is 0 Å². The fourth-order valence-corrected chi connectivity index (χ4v) is 3.20. The average molecular weight is 294 g/mol. The van der Waals surface area contributed by atoms with Gasteiger partial charge < -0.3 is 4.90 Å². The van der Waals surface area contributed by atoms with Gasteiger partial charge in [-0.2, -0.15) is 0 Å². The molecular formula is C19H22N2O. The van der Waals surface area contributed by atoms with Crippen LogP contribution in [0, 0.1) is 5.92 Å². The zero-order valence-corrected chi connectivity index (χ0v) is 13.0. The average Bonchev–Trinajstić information content (AvgIpc) is 2.57. The smallest absolute Gasteiger partial charge is 0.236 e. The van der Waals surface area contributed by atoms with E-state index in [9.17, 15) is 4.79 Å². The molecule has 3 rings (SSSR count). The van der Waals surface area contributed by atoms with Crippen LogP contribution in [0.4, 0.5) is 0 Å². The van der Waals surface area contributed by atoms with Crippen LogP contribution in [-0.4, -0.2) is 28.9 Å². The van der Waals surface area contributed by atoms with E-state index >= 15 is 0 Å². The maximum atomic E-state index is 13.1. The highest BCUT2D eigenvalue weighted by molar-refractivity contribution is 5.86. The van der Waals surface area contributed by atoms with Gasteiger partial charge in [0.25, 0.3) is 0 Å². The number of piperidine rings is 1. The molecule has 0 radical (unpaired) electrons. The molecule has 0 N–H and O–H groups in total. The number of hydrogen-bond acceptors (Lipinski definition) is 2. The number of carbonyl (C=O) groups is 1. The maximum Gasteiger partial charge on any atom is 0.236 e. The number of amides is 1. The summed E-state index contributed by atoms with van der Waals surface area (Å²) in [5.41, 5.74) is 1.85. The minimum atomic E-state index is -0.298. The molecule has 0 bridgehead atoms. The highest BCUT2D eigenvalue weighted by Crippen LogP contribution is 2.27. The van der Waals surface area contributed by atoms with Crippen molar-refractivity contribution in [2.45, 2.75) is 25.7 Å². The number of likely N-dealkylation sites (tertiary alicyclic amines) is 1. The molecule has 1 aromatic heterocycles. The lowest BCUT2D eigenvalue weighted by Crippen LogP contribution is -2.42. The number of carbonyl (C=O) groups excluding carboxylic acids is 1. The molecule has 0 aliphatic carbocycles. The second-order valence-electron chi connectivity index (χ2n) is 6.13. The summed E-state index contributed by atoms with van der Waals surface area (Å²) in [5, 5.41) is 0. The van der Waals surface area contributed by atoms with E-state index in [1.807, 2.05) is 53.4 Å². The van der Waals surface area contributed by atoms with Crippen molar-refractivity contribution in [2.75, 3.05) is 13.1 Å². The van der Waals surface area contributed by atoms with E-state index in [1.54, 1.807) is 6.20 Å². The molecule has 22 heavy (non-hydrogen) atoms. The SMILES string of the molecule is CC1CCCN(C(=O)C(c2ccccc2)c2ccccn2)C1. The fourth-order valence-electron chi connectivity index (χ4n) is 3.20. The summed E-state index contributed by atoms with van der Waals surface area (Å²) in [6, 6.07) is 15.8. The monoisotopic (exact) mass is 294 g/mol. The Bertz CT molecular complexity index is 572. The highest BCUT2D eigenvalue weighted by atomic mass is 16.2. The Morgan fingerprint density at radius 1 is 1.18 bits per heavy atom. The second kappa shape index (κ2) is 6.73. The van der Waals surface area contributed by atoms with E-state index in [1.165, 1.54) is 6.42 Å². The first kappa shape index (κ1) is 14.8. The number of rotatable bonds is 3. The lowest BCUT2D eigenvalue weighted by atomic mass is 9.91. The standard InChI is InChI=1S/C19H22N2O/c1-15-8-7-13-21(14-15)19(22)18(16-9-3-2-4-10-16)17-11-5-6-12-20-17/h2-6,9-12,15,18H,7-8,13-14H2,1H3. The summed E-state index contributed by atoms with van der Waals surface area (Å²) in [6.07, 6.45) is 4.07. The van der Waals surface area contributed by atoms with Gasteiger partial charge in [0.05, 0.1) is 5.69 Å². The molecule has 1 fully saturated rings. The third-order valence-electron chi connectivity index (χ3n) is 4.33. The van der Waals surface area contributed by atoms with Crippen LogP contribution in [0.3, 0.4) is 0 Å². The Balaban J connectivity index is 1.93. The molecule has 2 aromatic rings. The van der Waals surface area contributed by atoms with Gasteiger partial charge in [-0.1, -0.05) is 43.3 Å². The van der Waals surface area contributed by atoms with Crippen LogP contribution >= 0.6 is 0 Å². The van der Waals surface area contributed by atoms with Gasteiger partial charge in [0.1, 0.15) is 5.92 Å². The Kier molecular flexibility index (Phi) is 4.52. The summed E-state index contributed by atoms with van der Waals surface area (Å²) >= 11 is 0. The van der Waals surface area contributed by atoms with Crippen molar-refractivity contribution in [2.24, 2.45) is 5.92 Å². The number of aromatic nitrogens is 1. The summed E-state index contributed by atoms with van der Waals surface area (Å²) in [7, 11) is 0. The maximum absolute atomic E-state index is 13.1. The predicted octanol–water partition coefficient (Wildman–Crippen LogP) is 3.47. The van der Waals surface area contributed by atoms with Gasteiger partial charge in [-0.25, -0.2) is 0 Å².